The SMILES string of the molecule is CC(C)(O)[C@@H]1CC(=O)[C@]2(C)[C@H]([C@@H](O)C[C@@]3(C)[C@H](C4=CC(O)OC4=O)OC(=O)[C@H]4O[C@]432)[C@@]1(C)CCC(=O)O. The van der Waals surface area contributed by atoms with Crippen LogP contribution in [-0.4, -0.2) is 79.9 Å². The van der Waals surface area contributed by atoms with Gasteiger partial charge in [0.05, 0.1) is 22.7 Å². The van der Waals surface area contributed by atoms with Gasteiger partial charge in [-0.2, -0.15) is 0 Å². The normalized spacial score (nSPS) is 48.8. The van der Waals surface area contributed by atoms with Gasteiger partial charge in [0.15, 0.2) is 6.10 Å². The number of aliphatic carboxylic acids is 1. The number of carbonyl (C=O) groups excluding carboxylic acids is 3. The van der Waals surface area contributed by atoms with Crippen molar-refractivity contribution < 1.29 is 53.8 Å². The number of hydrogen-bond acceptors (Lipinski definition) is 10. The number of Topliss-reactive ketones (excluding diaryl/α,β-unsaturated/α-hetero) is 1. The third kappa shape index (κ3) is 3.14. The number of carbonyl (C=O) groups is 4. The molecule has 4 fully saturated rings. The predicted molar refractivity (Wildman–Crippen MR) is 122 cm³/mol. The summed E-state index contributed by atoms with van der Waals surface area (Å²) >= 11 is 0. The Morgan fingerprint density at radius 1 is 1.11 bits per heavy atom. The van der Waals surface area contributed by atoms with Crippen molar-refractivity contribution in [3.8, 4) is 0 Å². The maximum atomic E-state index is 14.1. The molecule has 5 aliphatic rings. The predicted octanol–water partition coefficient (Wildman–Crippen LogP) is 0.475. The van der Waals surface area contributed by atoms with E-state index in [1.807, 2.05) is 0 Å². The zero-order valence-corrected chi connectivity index (χ0v) is 21.5. The first-order chi connectivity index (χ1) is 16.9. The number of cyclic esters (lactones) is 2. The van der Waals surface area contributed by atoms with E-state index < -0.39 is 81.8 Å². The fraction of sp³-hybridized carbons (Fsp3) is 0.769. The van der Waals surface area contributed by atoms with E-state index in [2.05, 4.69) is 0 Å². The van der Waals surface area contributed by atoms with E-state index in [-0.39, 0.29) is 37.0 Å². The van der Waals surface area contributed by atoms with Crippen molar-refractivity contribution in [3.05, 3.63) is 11.6 Å². The zero-order chi connectivity index (χ0) is 27.5. The van der Waals surface area contributed by atoms with Crippen LogP contribution in [0.1, 0.15) is 60.3 Å². The summed E-state index contributed by atoms with van der Waals surface area (Å²) in [6.45, 7) is 8.26. The third-order valence-electron chi connectivity index (χ3n) is 10.2. The van der Waals surface area contributed by atoms with Gasteiger partial charge in [-0.05, 0) is 51.0 Å². The van der Waals surface area contributed by atoms with Crippen LogP contribution in [0.4, 0.5) is 0 Å². The summed E-state index contributed by atoms with van der Waals surface area (Å²) < 4.78 is 16.6. The summed E-state index contributed by atoms with van der Waals surface area (Å²) in [6, 6.07) is 0. The highest BCUT2D eigenvalue weighted by molar-refractivity contribution is 5.96. The highest BCUT2D eigenvalue weighted by atomic mass is 16.7. The molecule has 4 N–H and O–H groups in total. The summed E-state index contributed by atoms with van der Waals surface area (Å²) in [5, 5.41) is 42.2. The average molecular weight is 523 g/mol. The number of ketones is 1. The molecule has 0 aromatic heterocycles. The van der Waals surface area contributed by atoms with Crippen LogP contribution in [0.25, 0.3) is 0 Å². The second-order valence-corrected chi connectivity index (χ2v) is 12.6. The largest absolute Gasteiger partial charge is 0.481 e. The minimum absolute atomic E-state index is 0.0447. The van der Waals surface area contributed by atoms with Crippen molar-refractivity contribution in [2.75, 3.05) is 0 Å². The Morgan fingerprint density at radius 3 is 2.30 bits per heavy atom. The van der Waals surface area contributed by atoms with Gasteiger partial charge in [0, 0.05) is 24.2 Å². The van der Waals surface area contributed by atoms with Gasteiger partial charge in [0.2, 0.25) is 6.29 Å². The second-order valence-electron chi connectivity index (χ2n) is 12.6. The van der Waals surface area contributed by atoms with Crippen molar-refractivity contribution in [2.45, 2.75) is 96.1 Å². The molecule has 2 saturated carbocycles. The minimum Gasteiger partial charge on any atom is -0.481 e. The summed E-state index contributed by atoms with van der Waals surface area (Å²) in [5.41, 5.74) is -6.66. The van der Waals surface area contributed by atoms with Crippen molar-refractivity contribution in [1.29, 1.82) is 0 Å². The Morgan fingerprint density at radius 2 is 1.76 bits per heavy atom. The molecule has 37 heavy (non-hydrogen) atoms. The molecule has 2 saturated heterocycles. The van der Waals surface area contributed by atoms with E-state index >= 15 is 0 Å². The molecule has 0 radical (unpaired) electrons. The molecule has 11 nitrogen and oxygen atoms in total. The topological polar surface area (TPSA) is 180 Å². The van der Waals surface area contributed by atoms with Gasteiger partial charge >= 0.3 is 17.9 Å². The fourth-order valence-corrected chi connectivity index (χ4v) is 8.84. The molecule has 0 aromatic carbocycles. The number of aliphatic hydroxyl groups is 3. The van der Waals surface area contributed by atoms with Crippen LogP contribution in [0.2, 0.25) is 0 Å². The van der Waals surface area contributed by atoms with E-state index in [9.17, 15) is 39.6 Å². The lowest BCUT2D eigenvalue weighted by Gasteiger charge is -2.67. The quantitative estimate of drug-likeness (QED) is 0.291. The van der Waals surface area contributed by atoms with Gasteiger partial charge in [-0.15, -0.1) is 0 Å². The molecule has 2 aliphatic carbocycles. The summed E-state index contributed by atoms with van der Waals surface area (Å²) in [6.07, 6.45) is -4.26. The van der Waals surface area contributed by atoms with Crippen LogP contribution in [0.15, 0.2) is 11.6 Å². The summed E-state index contributed by atoms with van der Waals surface area (Å²) in [7, 11) is 0. The standard InChI is InChI=1S/C26H34O11/c1-22(2,34)13-9-14(28)25(5)17(23(13,3)7-6-15(29)30)12(27)10-24(4)18(11-8-16(31)35-20(11)32)36-21(33)19-26(24,25)37-19/h8,12-13,16-19,27,31,34H,6-7,9-10H2,1-5H3,(H,29,30)/t12-,13-,16?,17+,18-,19+,23-,24-,25+,26+/m0/s1. The smallest absolute Gasteiger partial charge is 0.340 e. The van der Waals surface area contributed by atoms with Crippen LogP contribution in [-0.2, 0) is 33.4 Å². The lowest BCUT2D eigenvalue weighted by atomic mass is 9.36. The van der Waals surface area contributed by atoms with E-state index in [4.69, 9.17) is 14.2 Å². The number of epoxide rings is 1. The number of hydrogen-bond donors (Lipinski definition) is 4. The molecule has 1 unspecified atom stereocenters. The molecule has 5 rings (SSSR count). The molecule has 1 spiro atoms. The summed E-state index contributed by atoms with van der Waals surface area (Å²) in [4.78, 5) is 51.4. The highest BCUT2D eigenvalue weighted by Crippen LogP contribution is 2.77. The van der Waals surface area contributed by atoms with Gasteiger partial charge in [-0.1, -0.05) is 13.8 Å². The van der Waals surface area contributed by atoms with Gasteiger partial charge in [-0.3, -0.25) is 9.59 Å². The first kappa shape index (κ1) is 26.3. The van der Waals surface area contributed by atoms with Crippen LogP contribution >= 0.6 is 0 Å². The molecular weight excluding hydrogens is 488 g/mol. The number of ether oxygens (including phenoxy) is 3. The molecule has 10 atom stereocenters. The second kappa shape index (κ2) is 7.62. The van der Waals surface area contributed by atoms with E-state index in [0.717, 1.165) is 6.08 Å². The van der Waals surface area contributed by atoms with Gasteiger partial charge < -0.3 is 34.6 Å². The zero-order valence-electron chi connectivity index (χ0n) is 21.5. The highest BCUT2D eigenvalue weighted by Gasteiger charge is 2.89. The van der Waals surface area contributed by atoms with Crippen LogP contribution in [0.3, 0.4) is 0 Å². The Balaban J connectivity index is 1.69. The Hall–Kier alpha value is -2.34. The minimum atomic E-state index is -1.52. The fourth-order valence-electron chi connectivity index (χ4n) is 8.84. The van der Waals surface area contributed by atoms with Crippen LogP contribution < -0.4 is 0 Å². The maximum absolute atomic E-state index is 14.1. The summed E-state index contributed by atoms with van der Waals surface area (Å²) in [5.74, 6) is -4.54. The number of esters is 2. The first-order valence-corrected chi connectivity index (χ1v) is 12.6. The van der Waals surface area contributed by atoms with Crippen molar-refractivity contribution >= 4 is 23.7 Å². The third-order valence-corrected chi connectivity index (χ3v) is 10.2. The Labute approximate surface area is 213 Å². The van der Waals surface area contributed by atoms with E-state index in [1.165, 1.54) is 0 Å². The Kier molecular flexibility index (Phi) is 5.41. The van der Waals surface area contributed by atoms with E-state index in [0.29, 0.717) is 0 Å². The maximum Gasteiger partial charge on any atom is 0.340 e. The van der Waals surface area contributed by atoms with E-state index in [1.54, 1.807) is 34.6 Å². The lowest BCUT2D eigenvalue weighted by Crippen LogP contribution is -2.75. The molecule has 0 bridgehead atoms. The number of carboxylic acid groups (broad SMARTS) is 1. The van der Waals surface area contributed by atoms with Crippen LogP contribution in [0.5, 0.6) is 0 Å². The number of fused-ring (bicyclic) bond motifs is 1. The average Bonchev–Trinajstić information content (AvgIpc) is 3.46. The first-order valence-electron chi connectivity index (χ1n) is 12.6. The number of aliphatic hydroxyl groups excluding tert-OH is 2. The van der Waals surface area contributed by atoms with Gasteiger partial charge in [0.25, 0.3) is 0 Å². The Bertz CT molecular complexity index is 1120. The monoisotopic (exact) mass is 522 g/mol. The number of carboxylic acids is 1. The van der Waals surface area contributed by atoms with Gasteiger partial charge in [0.1, 0.15) is 17.5 Å². The van der Waals surface area contributed by atoms with Crippen molar-refractivity contribution in [3.63, 3.8) is 0 Å². The molecule has 3 heterocycles. The van der Waals surface area contributed by atoms with Gasteiger partial charge in [-0.25, -0.2) is 9.59 Å². The van der Waals surface area contributed by atoms with Crippen molar-refractivity contribution in [2.24, 2.45) is 28.1 Å². The molecule has 0 aromatic rings. The van der Waals surface area contributed by atoms with Crippen molar-refractivity contribution in [1.82, 2.24) is 0 Å². The number of rotatable bonds is 5. The van der Waals surface area contributed by atoms with Crippen LogP contribution in [0, 0.1) is 28.1 Å². The molecule has 204 valence electrons. The molecular formula is C26H34O11. The molecule has 11 heteroatoms. The lowest BCUT2D eigenvalue weighted by molar-refractivity contribution is -0.243. The molecule has 3 aliphatic heterocycles. The molecule has 0 amide bonds.